The van der Waals surface area contributed by atoms with Crippen LogP contribution in [0.5, 0.6) is 5.75 Å². The molecule has 1 fully saturated rings. The standard InChI is InChI=1S/C27H35FO5.Na/c1-17(2)24-12-20(18-6-4-3-5-7-18)13-25(19-8-10-21(28)11-9-19)27(24)33-16-23(30)14-22(29)15-26(31)32;/h8-13,17-18,22-23,29-30H,3-7,14-16H2,1-2H3,(H,31,32);/q;+1/p-1/t22-,23+;/m1./s1. The molecule has 0 aliphatic heterocycles. The van der Waals surface area contributed by atoms with Crippen LogP contribution in [-0.4, -0.2) is 35.0 Å². The number of aliphatic hydroxyl groups is 2. The van der Waals surface area contributed by atoms with Gasteiger partial charge in [-0.2, -0.15) is 0 Å². The van der Waals surface area contributed by atoms with Crippen LogP contribution >= 0.6 is 0 Å². The molecule has 0 bridgehead atoms. The Bertz CT molecular complexity index is 925. The molecule has 0 heterocycles. The molecule has 2 aromatic rings. The zero-order valence-electron chi connectivity index (χ0n) is 20.4. The van der Waals surface area contributed by atoms with Gasteiger partial charge in [-0.15, -0.1) is 0 Å². The maximum Gasteiger partial charge on any atom is 1.00 e. The third-order valence-electron chi connectivity index (χ3n) is 6.36. The summed E-state index contributed by atoms with van der Waals surface area (Å²) in [4.78, 5) is 10.7. The molecule has 5 nitrogen and oxygen atoms in total. The van der Waals surface area contributed by atoms with Gasteiger partial charge in [0.1, 0.15) is 18.2 Å². The molecule has 7 heteroatoms. The molecule has 2 atom stereocenters. The maximum atomic E-state index is 13.6. The van der Waals surface area contributed by atoms with Crippen LogP contribution in [0.3, 0.4) is 0 Å². The zero-order chi connectivity index (χ0) is 24.0. The van der Waals surface area contributed by atoms with Crippen LogP contribution in [0.15, 0.2) is 36.4 Å². The van der Waals surface area contributed by atoms with Crippen molar-refractivity contribution in [3.63, 3.8) is 0 Å². The van der Waals surface area contributed by atoms with E-state index in [0.717, 1.165) is 29.5 Å². The van der Waals surface area contributed by atoms with Crippen molar-refractivity contribution in [1.82, 2.24) is 0 Å². The minimum absolute atomic E-state index is 0. The van der Waals surface area contributed by atoms with E-state index in [1.54, 1.807) is 12.1 Å². The molecule has 0 saturated heterocycles. The number of hydrogen-bond donors (Lipinski definition) is 2. The number of aliphatic hydroxyl groups excluding tert-OH is 2. The number of carboxylic acids is 1. The second-order valence-electron chi connectivity index (χ2n) is 9.41. The van der Waals surface area contributed by atoms with Gasteiger partial charge in [-0.3, -0.25) is 0 Å². The van der Waals surface area contributed by atoms with Crippen molar-refractivity contribution >= 4 is 5.97 Å². The summed E-state index contributed by atoms with van der Waals surface area (Å²) in [5.41, 5.74) is 3.96. The van der Waals surface area contributed by atoms with Crippen LogP contribution < -0.4 is 39.4 Å². The molecular weight excluding hydrogens is 446 g/mol. The number of aliphatic carboxylic acids is 1. The Morgan fingerprint density at radius 3 is 2.32 bits per heavy atom. The summed E-state index contributed by atoms with van der Waals surface area (Å²) >= 11 is 0. The number of halogens is 1. The summed E-state index contributed by atoms with van der Waals surface area (Å²) in [6, 6.07) is 10.6. The molecule has 0 amide bonds. The molecule has 1 aliphatic rings. The fourth-order valence-electron chi connectivity index (χ4n) is 4.62. The van der Waals surface area contributed by atoms with E-state index in [4.69, 9.17) is 4.74 Å². The van der Waals surface area contributed by atoms with Crippen LogP contribution in [0, 0.1) is 5.82 Å². The van der Waals surface area contributed by atoms with Gasteiger partial charge >= 0.3 is 29.6 Å². The van der Waals surface area contributed by atoms with E-state index in [0.29, 0.717) is 11.7 Å². The summed E-state index contributed by atoms with van der Waals surface area (Å²) in [5.74, 6) is -0.413. The van der Waals surface area contributed by atoms with E-state index in [1.165, 1.54) is 37.0 Å². The average molecular weight is 481 g/mol. The third kappa shape index (κ3) is 8.06. The topological polar surface area (TPSA) is 89.8 Å². The van der Waals surface area contributed by atoms with Gasteiger partial charge in [0.05, 0.1) is 12.2 Å². The average Bonchev–Trinajstić information content (AvgIpc) is 2.77. The fraction of sp³-hybridized carbons (Fsp3) is 0.519. The third-order valence-corrected chi connectivity index (χ3v) is 6.36. The normalized spacial score (nSPS) is 16.1. The number of benzene rings is 2. The van der Waals surface area contributed by atoms with Gasteiger partial charge in [0.15, 0.2) is 0 Å². The summed E-state index contributed by atoms with van der Waals surface area (Å²) < 4.78 is 19.7. The van der Waals surface area contributed by atoms with Crippen molar-refractivity contribution in [2.24, 2.45) is 0 Å². The fourth-order valence-corrected chi connectivity index (χ4v) is 4.62. The van der Waals surface area contributed by atoms with E-state index in [-0.39, 0.29) is 54.3 Å². The monoisotopic (exact) mass is 480 g/mol. The van der Waals surface area contributed by atoms with Gasteiger partial charge in [-0.25, -0.2) is 4.39 Å². The van der Waals surface area contributed by atoms with Gasteiger partial charge in [0.2, 0.25) is 0 Å². The van der Waals surface area contributed by atoms with E-state index < -0.39 is 24.6 Å². The molecule has 3 rings (SSSR count). The quantitative estimate of drug-likeness (QED) is 0.501. The molecule has 0 unspecified atom stereocenters. The van der Waals surface area contributed by atoms with Crippen LogP contribution in [0.4, 0.5) is 4.39 Å². The zero-order valence-corrected chi connectivity index (χ0v) is 22.4. The first kappa shape index (κ1) is 28.8. The molecule has 1 aliphatic carbocycles. The molecule has 0 spiro atoms. The van der Waals surface area contributed by atoms with Crippen molar-refractivity contribution in [3.8, 4) is 16.9 Å². The van der Waals surface area contributed by atoms with Gasteiger partial charge in [-0.1, -0.05) is 51.3 Å². The summed E-state index contributed by atoms with van der Waals surface area (Å²) in [6.45, 7) is 4.07. The Hall–Kier alpha value is -1.44. The van der Waals surface area contributed by atoms with Crippen LogP contribution in [0.25, 0.3) is 11.1 Å². The Morgan fingerprint density at radius 1 is 1.09 bits per heavy atom. The molecule has 180 valence electrons. The molecule has 2 N–H and O–H groups in total. The Labute approximate surface area is 223 Å². The first-order valence-corrected chi connectivity index (χ1v) is 11.9. The number of carboxylic acid groups (broad SMARTS) is 1. The predicted molar refractivity (Wildman–Crippen MR) is 124 cm³/mol. The second kappa shape index (κ2) is 13.6. The smallest absolute Gasteiger partial charge is 0.550 e. The molecular formula is C27H34FNaO5. The van der Waals surface area contributed by atoms with Crippen molar-refractivity contribution in [2.75, 3.05) is 6.61 Å². The summed E-state index contributed by atoms with van der Waals surface area (Å²) in [7, 11) is 0. The maximum absolute atomic E-state index is 13.6. The largest absolute Gasteiger partial charge is 1.00 e. The van der Waals surface area contributed by atoms with Gasteiger partial charge < -0.3 is 24.9 Å². The van der Waals surface area contributed by atoms with Crippen LogP contribution in [0.1, 0.15) is 81.8 Å². The first-order chi connectivity index (χ1) is 15.7. The van der Waals surface area contributed by atoms with Crippen LogP contribution in [-0.2, 0) is 4.79 Å². The van der Waals surface area contributed by atoms with Crippen molar-refractivity contribution in [1.29, 1.82) is 0 Å². The van der Waals surface area contributed by atoms with Gasteiger partial charge in [0.25, 0.3) is 0 Å². The predicted octanol–water partition coefficient (Wildman–Crippen LogP) is 1.30. The summed E-state index contributed by atoms with van der Waals surface area (Å²) in [5, 5.41) is 30.8. The Balaban J connectivity index is 0.00000408. The van der Waals surface area contributed by atoms with E-state index in [1.807, 2.05) is 0 Å². The number of hydrogen-bond acceptors (Lipinski definition) is 5. The van der Waals surface area contributed by atoms with E-state index >= 15 is 0 Å². The first-order valence-electron chi connectivity index (χ1n) is 11.9. The SMILES string of the molecule is CC(C)c1cc(C2CCCCC2)cc(-c2ccc(F)cc2)c1OC[C@@H](O)C[C@@H](O)CC(=O)[O-].[Na+]. The Kier molecular flexibility index (Phi) is 11.5. The van der Waals surface area contributed by atoms with Crippen molar-refractivity contribution in [3.05, 3.63) is 53.3 Å². The van der Waals surface area contributed by atoms with Crippen molar-refractivity contribution < 1.29 is 58.8 Å². The van der Waals surface area contributed by atoms with Gasteiger partial charge in [-0.05, 0) is 59.6 Å². The van der Waals surface area contributed by atoms with E-state index in [9.17, 15) is 24.5 Å². The van der Waals surface area contributed by atoms with E-state index in [2.05, 4.69) is 26.0 Å². The molecule has 0 aromatic heterocycles. The number of ether oxygens (including phenoxy) is 1. The second-order valence-corrected chi connectivity index (χ2v) is 9.41. The summed E-state index contributed by atoms with van der Waals surface area (Å²) in [6.07, 6.45) is 3.08. The molecule has 1 saturated carbocycles. The number of carbonyl (C=O) groups excluding carboxylic acids is 1. The number of rotatable bonds is 10. The molecule has 34 heavy (non-hydrogen) atoms. The Morgan fingerprint density at radius 2 is 1.74 bits per heavy atom. The molecule has 2 aromatic carbocycles. The molecule has 0 radical (unpaired) electrons. The van der Waals surface area contributed by atoms with Crippen molar-refractivity contribution in [2.45, 2.75) is 82.8 Å². The minimum Gasteiger partial charge on any atom is -0.550 e. The van der Waals surface area contributed by atoms with Crippen LogP contribution in [0.2, 0.25) is 0 Å². The minimum atomic E-state index is -1.37. The van der Waals surface area contributed by atoms with Gasteiger partial charge in [0, 0.05) is 24.4 Å². The number of carbonyl (C=O) groups is 1.